The molecule has 0 bridgehead atoms. The lowest BCUT2D eigenvalue weighted by Crippen LogP contribution is -2.48. The minimum Gasteiger partial charge on any atom is -0.312 e. The summed E-state index contributed by atoms with van der Waals surface area (Å²) in [5.74, 6) is 0.547. The number of aromatic nitrogens is 2. The van der Waals surface area contributed by atoms with Gasteiger partial charge in [-0.2, -0.15) is 10.2 Å². The average Bonchev–Trinajstić information content (AvgIpc) is 3.24. The Morgan fingerprint density at radius 1 is 1.26 bits per heavy atom. The number of fused-ring (bicyclic) bond motifs is 1. The SMILES string of the molecule is CN/N=C(\C=N)SN1CCN(CC2CCC2)C(c2cc3cnn(-c4ccc(F)cc4)c3cc2C)C1. The quantitative estimate of drug-likeness (QED) is 0.215. The van der Waals surface area contributed by atoms with E-state index >= 15 is 0 Å². The van der Waals surface area contributed by atoms with E-state index < -0.39 is 0 Å². The fraction of sp³-hybridized carbons (Fsp3) is 0.423. The highest BCUT2D eigenvalue weighted by Crippen LogP contribution is 2.36. The van der Waals surface area contributed by atoms with E-state index in [0.717, 1.165) is 48.7 Å². The molecule has 0 amide bonds. The summed E-state index contributed by atoms with van der Waals surface area (Å²) in [6, 6.07) is 11.2. The van der Waals surface area contributed by atoms with Gasteiger partial charge in [-0.05, 0) is 85.2 Å². The number of hydrazone groups is 1. The third-order valence-corrected chi connectivity index (χ3v) is 8.11. The average molecular weight is 494 g/mol. The largest absolute Gasteiger partial charge is 0.312 e. The summed E-state index contributed by atoms with van der Waals surface area (Å²) in [5.41, 5.74) is 7.23. The number of hydrogen-bond donors (Lipinski definition) is 2. The van der Waals surface area contributed by atoms with Gasteiger partial charge in [0.05, 0.1) is 23.6 Å². The second-order valence-corrected chi connectivity index (χ2v) is 10.5. The van der Waals surface area contributed by atoms with Crippen LogP contribution in [0.15, 0.2) is 47.7 Å². The van der Waals surface area contributed by atoms with E-state index in [9.17, 15) is 4.39 Å². The van der Waals surface area contributed by atoms with Crippen LogP contribution in [0.25, 0.3) is 16.6 Å². The molecule has 2 aromatic carbocycles. The predicted molar refractivity (Wildman–Crippen MR) is 142 cm³/mol. The Kier molecular flexibility index (Phi) is 7.17. The van der Waals surface area contributed by atoms with E-state index in [1.165, 1.54) is 48.7 Å². The molecule has 35 heavy (non-hydrogen) atoms. The lowest BCUT2D eigenvalue weighted by atomic mass is 9.84. The molecule has 2 aliphatic rings. The van der Waals surface area contributed by atoms with Crippen LogP contribution in [0.5, 0.6) is 0 Å². The molecule has 9 heteroatoms. The van der Waals surface area contributed by atoms with E-state index in [-0.39, 0.29) is 11.9 Å². The predicted octanol–water partition coefficient (Wildman–Crippen LogP) is 4.76. The van der Waals surface area contributed by atoms with Crippen molar-refractivity contribution in [1.29, 1.82) is 5.41 Å². The second kappa shape index (κ2) is 10.5. The molecular formula is C26H32FN7S. The van der Waals surface area contributed by atoms with Gasteiger partial charge in [-0.25, -0.2) is 13.4 Å². The molecule has 1 aromatic heterocycles. The van der Waals surface area contributed by atoms with Crippen LogP contribution in [0.4, 0.5) is 4.39 Å². The van der Waals surface area contributed by atoms with Crippen molar-refractivity contribution in [2.45, 2.75) is 32.2 Å². The number of benzene rings is 2. The van der Waals surface area contributed by atoms with Crippen LogP contribution >= 0.6 is 11.9 Å². The first kappa shape index (κ1) is 24.0. The summed E-state index contributed by atoms with van der Waals surface area (Å²) in [7, 11) is 1.76. The van der Waals surface area contributed by atoms with Crippen LogP contribution in [0.3, 0.4) is 0 Å². The summed E-state index contributed by atoms with van der Waals surface area (Å²) in [6.07, 6.45) is 7.22. The summed E-state index contributed by atoms with van der Waals surface area (Å²) in [5, 5.41) is 18.3. The Morgan fingerprint density at radius 3 is 2.74 bits per heavy atom. The molecule has 1 unspecified atom stereocenters. The van der Waals surface area contributed by atoms with E-state index in [1.54, 1.807) is 31.1 Å². The minimum absolute atomic E-state index is 0.249. The molecule has 2 fully saturated rings. The Labute approximate surface area is 210 Å². The highest BCUT2D eigenvalue weighted by Gasteiger charge is 2.33. The van der Waals surface area contributed by atoms with Crippen molar-refractivity contribution in [1.82, 2.24) is 24.4 Å². The van der Waals surface area contributed by atoms with Gasteiger partial charge in [0.25, 0.3) is 0 Å². The maximum atomic E-state index is 13.4. The Bertz CT molecular complexity index is 1220. The Hall–Kier alpha value is -2.75. The van der Waals surface area contributed by atoms with Gasteiger partial charge in [-0.1, -0.05) is 6.42 Å². The van der Waals surface area contributed by atoms with Crippen molar-refractivity contribution in [3.8, 4) is 5.69 Å². The van der Waals surface area contributed by atoms with E-state index in [0.29, 0.717) is 5.04 Å². The minimum atomic E-state index is -0.249. The summed E-state index contributed by atoms with van der Waals surface area (Å²) in [6.45, 7) is 6.11. The van der Waals surface area contributed by atoms with Crippen LogP contribution in [-0.4, -0.2) is 63.5 Å². The normalized spacial score (nSPS) is 20.2. The van der Waals surface area contributed by atoms with Gasteiger partial charge < -0.3 is 10.8 Å². The van der Waals surface area contributed by atoms with Gasteiger partial charge in [0.15, 0.2) is 0 Å². The van der Waals surface area contributed by atoms with Crippen LogP contribution in [0.2, 0.25) is 0 Å². The second-order valence-electron chi connectivity index (χ2n) is 9.41. The summed E-state index contributed by atoms with van der Waals surface area (Å²) < 4.78 is 17.6. The van der Waals surface area contributed by atoms with Gasteiger partial charge in [0, 0.05) is 44.7 Å². The number of piperazine rings is 1. The number of hydrogen-bond acceptors (Lipinski definition) is 7. The molecule has 1 aliphatic carbocycles. The van der Waals surface area contributed by atoms with Crippen LogP contribution in [0.1, 0.15) is 36.4 Å². The van der Waals surface area contributed by atoms with E-state index in [2.05, 4.69) is 43.9 Å². The van der Waals surface area contributed by atoms with Gasteiger partial charge in [0.1, 0.15) is 10.9 Å². The standard InChI is InChI=1S/C26H32FN7S/c1-18-12-24-20(15-30-34(24)22-8-6-21(27)7-9-22)13-23(18)25-17-33(35-26(14-28)31-29-2)11-10-32(25)16-19-4-3-5-19/h6-9,12-15,19,25,28-29H,3-5,10-11,16-17H2,1-2H3/b28-14?,31-26+. The Balaban J connectivity index is 1.46. The highest BCUT2D eigenvalue weighted by molar-refractivity contribution is 8.13. The molecule has 7 nitrogen and oxygen atoms in total. The van der Waals surface area contributed by atoms with Crippen molar-refractivity contribution in [3.05, 3.63) is 59.5 Å². The first-order valence-electron chi connectivity index (χ1n) is 12.2. The molecule has 0 spiro atoms. The molecule has 2 N–H and O–H groups in total. The highest BCUT2D eigenvalue weighted by atomic mass is 32.2. The zero-order valence-corrected chi connectivity index (χ0v) is 21.1. The van der Waals surface area contributed by atoms with Gasteiger partial charge in [0.2, 0.25) is 0 Å². The summed E-state index contributed by atoms with van der Waals surface area (Å²) >= 11 is 1.55. The number of nitrogens with one attached hydrogen (secondary N) is 2. The molecule has 0 radical (unpaired) electrons. The first-order valence-corrected chi connectivity index (χ1v) is 13.0. The molecule has 3 aromatic rings. The van der Waals surface area contributed by atoms with Crippen LogP contribution < -0.4 is 5.43 Å². The lowest BCUT2D eigenvalue weighted by molar-refractivity contribution is 0.0847. The molecule has 2 heterocycles. The van der Waals surface area contributed by atoms with Crippen LogP contribution in [-0.2, 0) is 0 Å². The van der Waals surface area contributed by atoms with Crippen molar-refractivity contribution < 1.29 is 4.39 Å². The fourth-order valence-electron chi connectivity index (χ4n) is 5.06. The molecule has 1 saturated carbocycles. The van der Waals surface area contributed by atoms with Crippen molar-refractivity contribution in [2.24, 2.45) is 11.0 Å². The zero-order valence-electron chi connectivity index (χ0n) is 20.2. The van der Waals surface area contributed by atoms with Crippen molar-refractivity contribution in [2.75, 3.05) is 33.2 Å². The molecule has 1 saturated heterocycles. The van der Waals surface area contributed by atoms with E-state index in [1.807, 2.05) is 10.9 Å². The third-order valence-electron chi connectivity index (χ3n) is 7.13. The van der Waals surface area contributed by atoms with Crippen molar-refractivity contribution in [3.63, 3.8) is 0 Å². The third kappa shape index (κ3) is 5.12. The van der Waals surface area contributed by atoms with Crippen LogP contribution in [0, 0.1) is 24.1 Å². The molecular weight excluding hydrogens is 461 g/mol. The number of rotatable bonds is 7. The molecule has 5 rings (SSSR count). The maximum absolute atomic E-state index is 13.4. The smallest absolute Gasteiger partial charge is 0.149 e. The molecule has 184 valence electrons. The lowest BCUT2D eigenvalue weighted by Gasteiger charge is -2.44. The fourth-order valence-corrected chi connectivity index (χ4v) is 5.90. The molecule has 1 aliphatic heterocycles. The van der Waals surface area contributed by atoms with Gasteiger partial charge >= 0.3 is 0 Å². The monoisotopic (exact) mass is 493 g/mol. The molecule has 1 atom stereocenters. The number of nitrogens with zero attached hydrogens (tertiary/aromatic N) is 5. The zero-order chi connectivity index (χ0) is 24.4. The topological polar surface area (TPSA) is 72.5 Å². The van der Waals surface area contributed by atoms with Gasteiger partial charge in [-0.15, -0.1) is 0 Å². The number of halogens is 1. The van der Waals surface area contributed by atoms with Gasteiger partial charge in [-0.3, -0.25) is 4.90 Å². The maximum Gasteiger partial charge on any atom is 0.149 e. The van der Waals surface area contributed by atoms with Crippen molar-refractivity contribution >= 4 is 34.1 Å². The summed E-state index contributed by atoms with van der Waals surface area (Å²) in [4.78, 5) is 2.65. The Morgan fingerprint density at radius 2 is 2.06 bits per heavy atom. The van der Waals surface area contributed by atoms with E-state index in [4.69, 9.17) is 5.41 Å². The first-order chi connectivity index (χ1) is 17.1. The number of aryl methyl sites for hydroxylation is 1.